The Morgan fingerprint density at radius 3 is 2.57 bits per heavy atom. The van der Waals surface area contributed by atoms with Gasteiger partial charge in [-0.05, 0) is 39.2 Å². The van der Waals surface area contributed by atoms with Gasteiger partial charge in [0.15, 0.2) is 11.5 Å². The van der Waals surface area contributed by atoms with Gasteiger partial charge in [0.1, 0.15) is 0 Å². The number of hydrogen-bond donors (Lipinski definition) is 1. The zero-order chi connectivity index (χ0) is 15.5. The normalized spacial score (nSPS) is 15.1. The summed E-state index contributed by atoms with van der Waals surface area (Å²) in [7, 11) is 1.65. The van der Waals surface area contributed by atoms with Crippen molar-refractivity contribution in [3.63, 3.8) is 0 Å². The molecule has 21 heavy (non-hydrogen) atoms. The van der Waals surface area contributed by atoms with Crippen LogP contribution in [-0.4, -0.2) is 19.3 Å². The van der Waals surface area contributed by atoms with Crippen LogP contribution in [0, 0.1) is 5.92 Å². The lowest BCUT2D eigenvalue weighted by Gasteiger charge is -2.22. The molecule has 0 heterocycles. The Balaban J connectivity index is 2.11. The lowest BCUT2D eigenvalue weighted by Crippen LogP contribution is -2.35. The molecule has 0 unspecified atom stereocenters. The molecule has 0 bridgehead atoms. The van der Waals surface area contributed by atoms with Crippen molar-refractivity contribution in [2.75, 3.05) is 13.7 Å². The van der Waals surface area contributed by atoms with Crippen molar-refractivity contribution in [3.05, 3.63) is 22.7 Å². The molecule has 0 atom stereocenters. The minimum atomic E-state index is 0.0425. The van der Waals surface area contributed by atoms with Crippen molar-refractivity contribution < 1.29 is 9.47 Å². The van der Waals surface area contributed by atoms with Gasteiger partial charge in [0.05, 0.1) is 13.7 Å². The summed E-state index contributed by atoms with van der Waals surface area (Å²) in [6, 6.07) is 3.77. The van der Waals surface area contributed by atoms with Crippen LogP contribution in [0.5, 0.6) is 11.5 Å². The van der Waals surface area contributed by atoms with E-state index < -0.39 is 0 Å². The summed E-state index contributed by atoms with van der Waals surface area (Å²) in [6.07, 6.45) is 3.82. The van der Waals surface area contributed by atoms with Gasteiger partial charge in [-0.1, -0.05) is 24.4 Å². The molecule has 1 N–H and O–H groups in total. The second-order valence-corrected chi connectivity index (χ2v) is 7.22. The summed E-state index contributed by atoms with van der Waals surface area (Å²) in [6.45, 7) is 7.87. The maximum Gasteiger partial charge on any atom is 0.165 e. The van der Waals surface area contributed by atoms with Gasteiger partial charge in [-0.15, -0.1) is 0 Å². The Bertz CT molecular complexity index is 478. The van der Waals surface area contributed by atoms with Gasteiger partial charge in [-0.25, -0.2) is 0 Å². The van der Waals surface area contributed by atoms with Crippen molar-refractivity contribution >= 4 is 11.6 Å². The van der Waals surface area contributed by atoms with Crippen LogP contribution in [0.2, 0.25) is 5.02 Å². The lowest BCUT2D eigenvalue weighted by molar-refractivity contribution is 0.278. The number of methoxy groups -OCH3 is 1. The molecule has 1 saturated carbocycles. The highest BCUT2D eigenvalue weighted by molar-refractivity contribution is 6.30. The van der Waals surface area contributed by atoms with Crippen LogP contribution in [0.4, 0.5) is 0 Å². The molecule has 0 spiro atoms. The number of benzene rings is 1. The number of nitrogens with one attached hydrogen (secondary N) is 1. The molecule has 0 radical (unpaired) electrons. The predicted molar refractivity (Wildman–Crippen MR) is 87.4 cm³/mol. The molecule has 1 aromatic rings. The van der Waals surface area contributed by atoms with Crippen LogP contribution in [0.15, 0.2) is 12.1 Å². The predicted octanol–water partition coefficient (Wildman–Crippen LogP) is 4.42. The molecule has 4 heteroatoms. The number of rotatable bonds is 7. The standard InChI is InChI=1S/C17H26ClNO2/c1-17(2,3)19-11-13-9-14(18)10-15(20-4)16(13)21-8-7-12-5-6-12/h9-10,12,19H,5-8,11H2,1-4H3. The molecule has 1 aromatic carbocycles. The van der Waals surface area contributed by atoms with Crippen molar-refractivity contribution in [2.45, 2.75) is 52.1 Å². The Morgan fingerprint density at radius 2 is 2.00 bits per heavy atom. The van der Waals surface area contributed by atoms with Gasteiger partial charge >= 0.3 is 0 Å². The first kappa shape index (κ1) is 16.4. The molecule has 1 fully saturated rings. The highest BCUT2D eigenvalue weighted by Gasteiger charge is 2.22. The summed E-state index contributed by atoms with van der Waals surface area (Å²) in [4.78, 5) is 0. The zero-order valence-electron chi connectivity index (χ0n) is 13.5. The summed E-state index contributed by atoms with van der Waals surface area (Å²) >= 11 is 6.18. The van der Waals surface area contributed by atoms with Gasteiger partial charge in [0.25, 0.3) is 0 Å². The van der Waals surface area contributed by atoms with E-state index in [1.807, 2.05) is 12.1 Å². The molecule has 0 amide bonds. The van der Waals surface area contributed by atoms with Crippen molar-refractivity contribution in [1.29, 1.82) is 0 Å². The fourth-order valence-electron chi connectivity index (χ4n) is 2.16. The lowest BCUT2D eigenvalue weighted by atomic mass is 10.1. The largest absolute Gasteiger partial charge is 0.493 e. The number of hydrogen-bond acceptors (Lipinski definition) is 3. The first-order valence-corrected chi connectivity index (χ1v) is 8.01. The molecule has 118 valence electrons. The minimum absolute atomic E-state index is 0.0425. The van der Waals surface area contributed by atoms with Crippen molar-refractivity contribution in [3.8, 4) is 11.5 Å². The van der Waals surface area contributed by atoms with E-state index in [0.717, 1.165) is 30.3 Å². The summed E-state index contributed by atoms with van der Waals surface area (Å²) < 4.78 is 11.4. The third-order valence-corrected chi connectivity index (χ3v) is 3.81. The maximum absolute atomic E-state index is 6.18. The highest BCUT2D eigenvalue weighted by Crippen LogP contribution is 2.37. The molecule has 0 aliphatic heterocycles. The molecular weight excluding hydrogens is 286 g/mol. The van der Waals surface area contributed by atoms with Crippen molar-refractivity contribution in [1.82, 2.24) is 5.32 Å². The maximum atomic E-state index is 6.18. The third-order valence-electron chi connectivity index (χ3n) is 3.60. The van der Waals surface area contributed by atoms with E-state index in [0.29, 0.717) is 17.3 Å². The Kier molecular flexibility index (Phi) is 5.39. The van der Waals surface area contributed by atoms with Gasteiger partial charge in [0, 0.05) is 28.7 Å². The molecule has 1 aliphatic rings. The molecule has 3 nitrogen and oxygen atoms in total. The van der Waals surface area contributed by atoms with Crippen LogP contribution in [-0.2, 0) is 6.54 Å². The molecule has 0 saturated heterocycles. The van der Waals surface area contributed by atoms with Crippen LogP contribution >= 0.6 is 11.6 Å². The first-order valence-electron chi connectivity index (χ1n) is 7.63. The average Bonchev–Trinajstić information content (AvgIpc) is 3.21. The number of halogens is 1. The van der Waals surface area contributed by atoms with Crippen molar-refractivity contribution in [2.24, 2.45) is 5.92 Å². The SMILES string of the molecule is COc1cc(Cl)cc(CNC(C)(C)C)c1OCCC1CC1. The average molecular weight is 312 g/mol. The topological polar surface area (TPSA) is 30.5 Å². The van der Waals surface area contributed by atoms with E-state index in [4.69, 9.17) is 21.1 Å². The van der Waals surface area contributed by atoms with Crippen LogP contribution in [0.3, 0.4) is 0 Å². The first-order chi connectivity index (χ1) is 9.89. The monoisotopic (exact) mass is 311 g/mol. The van der Waals surface area contributed by atoms with E-state index in [9.17, 15) is 0 Å². The fourth-order valence-corrected chi connectivity index (χ4v) is 2.39. The Labute approximate surface area is 133 Å². The molecular formula is C17H26ClNO2. The summed E-state index contributed by atoms with van der Waals surface area (Å²) in [5.74, 6) is 2.39. The van der Waals surface area contributed by atoms with Gasteiger partial charge in [-0.2, -0.15) is 0 Å². The number of ether oxygens (including phenoxy) is 2. The zero-order valence-corrected chi connectivity index (χ0v) is 14.2. The third kappa shape index (κ3) is 5.40. The fraction of sp³-hybridized carbons (Fsp3) is 0.647. The highest BCUT2D eigenvalue weighted by atomic mass is 35.5. The van der Waals surface area contributed by atoms with E-state index in [2.05, 4.69) is 26.1 Å². The summed E-state index contributed by atoms with van der Waals surface area (Å²) in [5.41, 5.74) is 1.09. The van der Waals surface area contributed by atoms with Crippen LogP contribution < -0.4 is 14.8 Å². The second kappa shape index (κ2) is 6.89. The second-order valence-electron chi connectivity index (χ2n) is 6.78. The van der Waals surface area contributed by atoms with Crippen LogP contribution in [0.1, 0.15) is 45.6 Å². The Hall–Kier alpha value is -0.930. The Morgan fingerprint density at radius 1 is 1.29 bits per heavy atom. The molecule has 0 aromatic heterocycles. The van der Waals surface area contributed by atoms with E-state index >= 15 is 0 Å². The van der Waals surface area contributed by atoms with E-state index in [1.165, 1.54) is 12.8 Å². The van der Waals surface area contributed by atoms with Crippen LogP contribution in [0.25, 0.3) is 0 Å². The molecule has 2 rings (SSSR count). The minimum Gasteiger partial charge on any atom is -0.493 e. The van der Waals surface area contributed by atoms with E-state index in [-0.39, 0.29) is 5.54 Å². The van der Waals surface area contributed by atoms with E-state index in [1.54, 1.807) is 7.11 Å². The molecule has 1 aliphatic carbocycles. The van der Waals surface area contributed by atoms with Gasteiger partial charge in [-0.3, -0.25) is 0 Å². The smallest absolute Gasteiger partial charge is 0.165 e. The quantitative estimate of drug-likeness (QED) is 0.808. The van der Waals surface area contributed by atoms with Gasteiger partial charge in [0.2, 0.25) is 0 Å². The van der Waals surface area contributed by atoms with Gasteiger partial charge < -0.3 is 14.8 Å². The summed E-state index contributed by atoms with van der Waals surface area (Å²) in [5, 5.41) is 4.15.